The monoisotopic (exact) mass is 342 g/mol. The number of nitro benzene ring substituents is 1. The lowest BCUT2D eigenvalue weighted by atomic mass is 10.2. The van der Waals surface area contributed by atoms with Crippen LogP contribution >= 0.6 is 15.9 Å². The first-order valence-corrected chi connectivity index (χ1v) is 6.62. The molecular weight excluding hydrogens is 331 g/mol. The van der Waals surface area contributed by atoms with Gasteiger partial charge in [0, 0.05) is 38.3 Å². The van der Waals surface area contributed by atoms with Crippen LogP contribution in [0.2, 0.25) is 0 Å². The second-order valence-electron chi connectivity index (χ2n) is 4.20. The molecule has 0 aliphatic heterocycles. The van der Waals surface area contributed by atoms with Crippen molar-refractivity contribution in [1.82, 2.24) is 9.78 Å². The van der Waals surface area contributed by atoms with Crippen LogP contribution in [0, 0.1) is 15.9 Å². The number of aromatic nitrogens is 2. The van der Waals surface area contributed by atoms with Crippen LogP contribution in [0.5, 0.6) is 0 Å². The zero-order valence-corrected chi connectivity index (χ0v) is 12.2. The van der Waals surface area contributed by atoms with Crippen LogP contribution in [0.1, 0.15) is 5.69 Å². The van der Waals surface area contributed by atoms with Crippen molar-refractivity contribution >= 4 is 27.3 Å². The van der Waals surface area contributed by atoms with E-state index in [1.807, 2.05) is 19.3 Å². The number of hydrogen-bond acceptors (Lipinski definition) is 4. The van der Waals surface area contributed by atoms with E-state index in [0.717, 1.165) is 17.8 Å². The van der Waals surface area contributed by atoms with E-state index in [1.54, 1.807) is 4.68 Å². The van der Waals surface area contributed by atoms with Crippen molar-refractivity contribution in [1.29, 1.82) is 0 Å². The van der Waals surface area contributed by atoms with E-state index in [0.29, 0.717) is 13.0 Å². The van der Waals surface area contributed by atoms with E-state index in [2.05, 4.69) is 26.3 Å². The molecule has 1 N–H and O–H groups in total. The van der Waals surface area contributed by atoms with Crippen LogP contribution in [0.25, 0.3) is 0 Å². The van der Waals surface area contributed by atoms with Gasteiger partial charge in [-0.1, -0.05) is 0 Å². The fraction of sp³-hybridized carbons (Fsp3) is 0.250. The molecular formula is C12H12BrFN4O2. The molecule has 0 aliphatic rings. The van der Waals surface area contributed by atoms with E-state index < -0.39 is 10.7 Å². The molecule has 1 aromatic heterocycles. The summed E-state index contributed by atoms with van der Waals surface area (Å²) in [5.41, 5.74) is 0.853. The quantitative estimate of drug-likeness (QED) is 0.669. The molecule has 0 atom stereocenters. The normalized spacial score (nSPS) is 10.6. The van der Waals surface area contributed by atoms with Crippen molar-refractivity contribution in [3.63, 3.8) is 0 Å². The number of aryl methyl sites for hydroxylation is 1. The summed E-state index contributed by atoms with van der Waals surface area (Å²) in [5.74, 6) is -0.545. The summed E-state index contributed by atoms with van der Waals surface area (Å²) in [7, 11) is 1.81. The molecule has 0 saturated heterocycles. The summed E-state index contributed by atoms with van der Waals surface area (Å²) in [5, 5.41) is 18.0. The number of nitrogens with zero attached hydrogens (tertiary/aromatic N) is 3. The summed E-state index contributed by atoms with van der Waals surface area (Å²) >= 11 is 2.94. The Hall–Kier alpha value is -1.96. The zero-order valence-electron chi connectivity index (χ0n) is 10.6. The molecule has 0 radical (unpaired) electrons. The minimum atomic E-state index is -0.548. The Morgan fingerprint density at radius 2 is 2.30 bits per heavy atom. The van der Waals surface area contributed by atoms with Crippen molar-refractivity contribution in [2.75, 3.05) is 11.9 Å². The van der Waals surface area contributed by atoms with Crippen LogP contribution < -0.4 is 5.32 Å². The van der Waals surface area contributed by atoms with Gasteiger partial charge in [-0.2, -0.15) is 5.10 Å². The van der Waals surface area contributed by atoms with Gasteiger partial charge >= 0.3 is 0 Å². The fourth-order valence-electron chi connectivity index (χ4n) is 1.75. The van der Waals surface area contributed by atoms with E-state index in [-0.39, 0.29) is 15.8 Å². The smallest absolute Gasteiger partial charge is 0.293 e. The second-order valence-corrected chi connectivity index (χ2v) is 5.05. The van der Waals surface area contributed by atoms with Gasteiger partial charge < -0.3 is 5.32 Å². The highest BCUT2D eigenvalue weighted by atomic mass is 79.9. The Morgan fingerprint density at radius 1 is 1.55 bits per heavy atom. The first-order valence-electron chi connectivity index (χ1n) is 5.83. The SMILES string of the molecule is Cn1ccc(CCNc2cc(F)c(Br)cc2[N+](=O)[O-])n1. The maximum absolute atomic E-state index is 13.5. The largest absolute Gasteiger partial charge is 0.379 e. The van der Waals surface area contributed by atoms with E-state index in [4.69, 9.17) is 0 Å². The Labute approximate surface area is 122 Å². The summed E-state index contributed by atoms with van der Waals surface area (Å²) in [6.45, 7) is 0.429. The fourth-order valence-corrected chi connectivity index (χ4v) is 2.08. The number of hydrogen-bond donors (Lipinski definition) is 1. The van der Waals surface area contributed by atoms with Crippen LogP contribution in [-0.2, 0) is 13.5 Å². The van der Waals surface area contributed by atoms with Gasteiger partial charge in [0.05, 0.1) is 15.1 Å². The molecule has 106 valence electrons. The van der Waals surface area contributed by atoms with Crippen LogP contribution in [-0.4, -0.2) is 21.2 Å². The van der Waals surface area contributed by atoms with Crippen molar-refractivity contribution in [2.45, 2.75) is 6.42 Å². The summed E-state index contributed by atoms with van der Waals surface area (Å²) in [6, 6.07) is 4.12. The maximum Gasteiger partial charge on any atom is 0.293 e. The van der Waals surface area contributed by atoms with Gasteiger partial charge in [-0.3, -0.25) is 14.8 Å². The van der Waals surface area contributed by atoms with Gasteiger partial charge in [0.1, 0.15) is 11.5 Å². The number of nitro groups is 1. The molecule has 0 spiro atoms. The number of anilines is 1. The molecule has 0 unspecified atom stereocenters. The first kappa shape index (κ1) is 14.4. The summed E-state index contributed by atoms with van der Waals surface area (Å²) in [6.07, 6.45) is 2.41. The maximum atomic E-state index is 13.5. The molecule has 6 nitrogen and oxygen atoms in total. The van der Waals surface area contributed by atoms with Crippen molar-refractivity contribution in [3.8, 4) is 0 Å². The van der Waals surface area contributed by atoms with Crippen molar-refractivity contribution in [2.24, 2.45) is 7.05 Å². The summed E-state index contributed by atoms with van der Waals surface area (Å²) in [4.78, 5) is 10.4. The number of rotatable bonds is 5. The van der Waals surface area contributed by atoms with Gasteiger partial charge in [-0.25, -0.2) is 4.39 Å². The highest BCUT2D eigenvalue weighted by Gasteiger charge is 2.17. The molecule has 1 aromatic carbocycles. The lowest BCUT2D eigenvalue weighted by Crippen LogP contribution is -2.08. The van der Waals surface area contributed by atoms with E-state index >= 15 is 0 Å². The highest BCUT2D eigenvalue weighted by molar-refractivity contribution is 9.10. The van der Waals surface area contributed by atoms with Crippen LogP contribution in [0.3, 0.4) is 0 Å². The zero-order chi connectivity index (χ0) is 14.7. The van der Waals surface area contributed by atoms with E-state index in [1.165, 1.54) is 0 Å². The standard InChI is InChI=1S/C12H12BrFN4O2/c1-17-5-3-8(16-17)2-4-15-11-7-10(14)9(13)6-12(11)18(19)20/h3,5-7,15H,2,4H2,1H3. The van der Waals surface area contributed by atoms with Gasteiger partial charge in [0.2, 0.25) is 0 Å². The van der Waals surface area contributed by atoms with Gasteiger partial charge in [0.15, 0.2) is 0 Å². The van der Waals surface area contributed by atoms with Gasteiger partial charge in [0.25, 0.3) is 5.69 Å². The molecule has 0 bridgehead atoms. The average molecular weight is 343 g/mol. The van der Waals surface area contributed by atoms with Gasteiger partial charge in [-0.05, 0) is 22.0 Å². The minimum absolute atomic E-state index is 0.0690. The number of nitrogens with one attached hydrogen (secondary N) is 1. The molecule has 8 heteroatoms. The third-order valence-electron chi connectivity index (χ3n) is 2.70. The van der Waals surface area contributed by atoms with Crippen LogP contribution in [0.15, 0.2) is 28.9 Å². The lowest BCUT2D eigenvalue weighted by molar-refractivity contribution is -0.384. The average Bonchev–Trinajstić information content (AvgIpc) is 2.79. The highest BCUT2D eigenvalue weighted by Crippen LogP contribution is 2.30. The third kappa shape index (κ3) is 3.32. The number of halogens is 2. The lowest BCUT2D eigenvalue weighted by Gasteiger charge is -2.07. The Bertz CT molecular complexity index is 644. The molecule has 0 aliphatic carbocycles. The van der Waals surface area contributed by atoms with Crippen molar-refractivity contribution in [3.05, 3.63) is 50.5 Å². The van der Waals surface area contributed by atoms with Crippen LogP contribution in [0.4, 0.5) is 15.8 Å². The molecule has 2 aromatic rings. The molecule has 0 fully saturated rings. The van der Waals surface area contributed by atoms with Crippen molar-refractivity contribution < 1.29 is 9.31 Å². The summed E-state index contributed by atoms with van der Waals surface area (Å²) < 4.78 is 15.2. The second kappa shape index (κ2) is 6.00. The topological polar surface area (TPSA) is 73.0 Å². The molecule has 0 saturated carbocycles. The Kier molecular flexibility index (Phi) is 4.33. The Balaban J connectivity index is 2.08. The predicted molar refractivity (Wildman–Crippen MR) is 76.2 cm³/mol. The molecule has 20 heavy (non-hydrogen) atoms. The first-order chi connectivity index (χ1) is 9.47. The predicted octanol–water partition coefficient (Wildman–Crippen LogP) is 2.88. The molecule has 0 amide bonds. The minimum Gasteiger partial charge on any atom is -0.379 e. The van der Waals surface area contributed by atoms with E-state index in [9.17, 15) is 14.5 Å². The number of benzene rings is 1. The third-order valence-corrected chi connectivity index (χ3v) is 3.31. The van der Waals surface area contributed by atoms with Gasteiger partial charge in [-0.15, -0.1) is 0 Å². The molecule has 1 heterocycles. The Morgan fingerprint density at radius 3 is 2.90 bits per heavy atom. The molecule has 2 rings (SSSR count).